The molecule has 2 rings (SSSR count). The highest BCUT2D eigenvalue weighted by Crippen LogP contribution is 2.25. The Morgan fingerprint density at radius 2 is 2.11 bits per heavy atom. The van der Waals surface area contributed by atoms with E-state index in [0.717, 1.165) is 37.6 Å². The zero-order chi connectivity index (χ0) is 13.0. The van der Waals surface area contributed by atoms with Gasteiger partial charge in [-0.15, -0.1) is 5.10 Å². The van der Waals surface area contributed by atoms with E-state index in [0.29, 0.717) is 12.5 Å². The van der Waals surface area contributed by atoms with E-state index in [4.69, 9.17) is 4.74 Å². The maximum Gasteiger partial charge on any atom is 0.151 e. The lowest BCUT2D eigenvalue weighted by Crippen LogP contribution is -2.25. The van der Waals surface area contributed by atoms with E-state index in [1.54, 1.807) is 6.92 Å². The summed E-state index contributed by atoms with van der Waals surface area (Å²) in [5, 5.41) is 8.46. The fourth-order valence-electron chi connectivity index (χ4n) is 2.17. The molecular weight excluding hydrogens is 230 g/mol. The molecule has 5 nitrogen and oxygen atoms in total. The highest BCUT2D eigenvalue weighted by Gasteiger charge is 2.17. The van der Waals surface area contributed by atoms with Crippen molar-refractivity contribution >= 4 is 11.6 Å². The summed E-state index contributed by atoms with van der Waals surface area (Å²) in [4.78, 5) is 12.8. The van der Waals surface area contributed by atoms with Crippen molar-refractivity contribution in [3.05, 3.63) is 17.8 Å². The van der Waals surface area contributed by atoms with Crippen LogP contribution < -0.4 is 4.90 Å². The van der Waals surface area contributed by atoms with Crippen molar-refractivity contribution in [3.8, 4) is 0 Å². The van der Waals surface area contributed by atoms with Crippen LogP contribution in [-0.2, 0) is 9.53 Å². The fraction of sp³-hybridized carbons (Fsp3) is 0.615. The summed E-state index contributed by atoms with van der Waals surface area (Å²) in [6.07, 6.45) is 2.02. The fourth-order valence-corrected chi connectivity index (χ4v) is 2.17. The van der Waals surface area contributed by atoms with Crippen molar-refractivity contribution in [2.45, 2.75) is 25.7 Å². The van der Waals surface area contributed by atoms with Crippen molar-refractivity contribution in [3.63, 3.8) is 0 Å². The quantitative estimate of drug-likeness (QED) is 0.807. The molecule has 5 heteroatoms. The molecule has 0 aliphatic carbocycles. The minimum Gasteiger partial charge on any atom is -0.381 e. The third kappa shape index (κ3) is 3.26. The number of Topliss-reactive ketones (excluding diaryl/α,β-unsaturated/α-hetero) is 1. The third-order valence-electron chi connectivity index (χ3n) is 3.16. The van der Waals surface area contributed by atoms with Gasteiger partial charge in [-0.2, -0.15) is 5.10 Å². The third-order valence-corrected chi connectivity index (χ3v) is 3.16. The van der Waals surface area contributed by atoms with E-state index < -0.39 is 0 Å². The largest absolute Gasteiger partial charge is 0.381 e. The molecule has 1 saturated heterocycles. The summed E-state index contributed by atoms with van der Waals surface area (Å²) in [5.74, 6) is 1.31. The first-order valence-corrected chi connectivity index (χ1v) is 6.29. The van der Waals surface area contributed by atoms with Crippen LogP contribution in [0, 0.1) is 0 Å². The average molecular weight is 249 g/mol. The lowest BCUT2D eigenvalue weighted by molar-refractivity contribution is -0.115. The Hall–Kier alpha value is -1.49. The van der Waals surface area contributed by atoms with Crippen molar-refractivity contribution in [2.24, 2.45) is 0 Å². The standard InChI is InChI=1S/C13H19N3O2/c1-10(17)9-16(2)13-4-3-12(14-15-13)11-5-7-18-8-6-11/h3-4,11H,5-9H2,1-2H3. The van der Waals surface area contributed by atoms with E-state index >= 15 is 0 Å². The van der Waals surface area contributed by atoms with Gasteiger partial charge < -0.3 is 9.64 Å². The Balaban J connectivity index is 2.02. The minimum atomic E-state index is 0.118. The van der Waals surface area contributed by atoms with Gasteiger partial charge in [0.2, 0.25) is 0 Å². The van der Waals surface area contributed by atoms with E-state index in [1.807, 2.05) is 24.1 Å². The monoisotopic (exact) mass is 249 g/mol. The number of carbonyl (C=O) groups is 1. The summed E-state index contributed by atoms with van der Waals surface area (Å²) in [6, 6.07) is 3.94. The van der Waals surface area contributed by atoms with Crippen LogP contribution in [0.2, 0.25) is 0 Å². The van der Waals surface area contributed by atoms with Crippen LogP contribution in [0.15, 0.2) is 12.1 Å². The number of hydrogen-bond donors (Lipinski definition) is 0. The zero-order valence-corrected chi connectivity index (χ0v) is 10.9. The van der Waals surface area contributed by atoms with Crippen molar-refractivity contribution in [1.29, 1.82) is 0 Å². The topological polar surface area (TPSA) is 55.3 Å². The SMILES string of the molecule is CC(=O)CN(C)c1ccc(C2CCOCC2)nn1. The van der Waals surface area contributed by atoms with Gasteiger partial charge in [-0.3, -0.25) is 4.79 Å². The molecular formula is C13H19N3O2. The highest BCUT2D eigenvalue weighted by molar-refractivity contribution is 5.80. The van der Waals surface area contributed by atoms with Crippen LogP contribution in [0.4, 0.5) is 5.82 Å². The van der Waals surface area contributed by atoms with Gasteiger partial charge in [-0.05, 0) is 31.9 Å². The van der Waals surface area contributed by atoms with Crippen molar-refractivity contribution < 1.29 is 9.53 Å². The number of aromatic nitrogens is 2. The van der Waals surface area contributed by atoms with Gasteiger partial charge in [0.15, 0.2) is 5.82 Å². The Kier molecular flexibility index (Phi) is 4.25. The summed E-state index contributed by atoms with van der Waals surface area (Å²) in [5.41, 5.74) is 1.03. The molecule has 18 heavy (non-hydrogen) atoms. The molecule has 2 heterocycles. The van der Waals surface area contributed by atoms with E-state index in [2.05, 4.69) is 10.2 Å². The van der Waals surface area contributed by atoms with Crippen LogP contribution in [0.1, 0.15) is 31.4 Å². The lowest BCUT2D eigenvalue weighted by Gasteiger charge is -2.22. The summed E-state index contributed by atoms with van der Waals surface area (Å²) < 4.78 is 5.33. The van der Waals surface area contributed by atoms with Crippen molar-refractivity contribution in [2.75, 3.05) is 31.7 Å². The lowest BCUT2D eigenvalue weighted by atomic mass is 9.96. The van der Waals surface area contributed by atoms with Crippen LogP contribution in [-0.4, -0.2) is 42.8 Å². The molecule has 0 radical (unpaired) electrons. The first-order valence-electron chi connectivity index (χ1n) is 6.29. The van der Waals surface area contributed by atoms with E-state index in [-0.39, 0.29) is 5.78 Å². The highest BCUT2D eigenvalue weighted by atomic mass is 16.5. The van der Waals surface area contributed by atoms with E-state index in [1.165, 1.54) is 0 Å². The number of ketones is 1. The first kappa shape index (κ1) is 13.0. The summed E-state index contributed by atoms with van der Waals surface area (Å²) in [7, 11) is 1.85. The van der Waals surface area contributed by atoms with Crippen LogP contribution in [0.25, 0.3) is 0 Å². The number of anilines is 1. The van der Waals surface area contributed by atoms with Crippen molar-refractivity contribution in [1.82, 2.24) is 10.2 Å². The van der Waals surface area contributed by atoms with E-state index in [9.17, 15) is 4.79 Å². The summed E-state index contributed by atoms with van der Waals surface area (Å²) >= 11 is 0. The minimum absolute atomic E-state index is 0.118. The van der Waals surface area contributed by atoms with Crippen LogP contribution >= 0.6 is 0 Å². The summed E-state index contributed by atoms with van der Waals surface area (Å²) in [6.45, 7) is 3.54. The molecule has 0 amide bonds. The second-order valence-electron chi connectivity index (χ2n) is 4.76. The van der Waals surface area contributed by atoms with Gasteiger partial charge in [0.05, 0.1) is 12.2 Å². The predicted molar refractivity (Wildman–Crippen MR) is 68.8 cm³/mol. The van der Waals surface area contributed by atoms with Gasteiger partial charge in [0.25, 0.3) is 0 Å². The zero-order valence-electron chi connectivity index (χ0n) is 10.9. The Labute approximate surface area is 107 Å². The van der Waals surface area contributed by atoms with Gasteiger partial charge in [-0.25, -0.2) is 0 Å². The normalized spacial score (nSPS) is 16.6. The molecule has 1 aromatic rings. The Morgan fingerprint density at radius 1 is 1.39 bits per heavy atom. The molecule has 0 bridgehead atoms. The molecule has 98 valence electrons. The molecule has 0 spiro atoms. The Morgan fingerprint density at radius 3 is 2.67 bits per heavy atom. The second kappa shape index (κ2) is 5.91. The smallest absolute Gasteiger partial charge is 0.151 e. The molecule has 1 aromatic heterocycles. The molecule has 1 aliphatic rings. The number of hydrogen-bond acceptors (Lipinski definition) is 5. The maximum atomic E-state index is 11.0. The predicted octanol–water partition coefficient (Wildman–Crippen LogP) is 1.40. The molecule has 0 N–H and O–H groups in total. The first-order chi connectivity index (χ1) is 8.66. The molecule has 1 aliphatic heterocycles. The molecule has 1 fully saturated rings. The van der Waals surface area contributed by atoms with Gasteiger partial charge >= 0.3 is 0 Å². The molecule has 0 atom stereocenters. The van der Waals surface area contributed by atoms with Gasteiger partial charge in [0, 0.05) is 26.2 Å². The number of likely N-dealkylation sites (N-methyl/N-ethyl adjacent to an activating group) is 1. The van der Waals surface area contributed by atoms with Gasteiger partial charge in [0.1, 0.15) is 5.78 Å². The molecule has 0 unspecified atom stereocenters. The van der Waals surface area contributed by atoms with Crippen LogP contribution in [0.3, 0.4) is 0 Å². The second-order valence-corrected chi connectivity index (χ2v) is 4.76. The Bertz CT molecular complexity index is 399. The average Bonchev–Trinajstić information content (AvgIpc) is 2.39. The molecule has 0 saturated carbocycles. The van der Waals surface area contributed by atoms with Crippen LogP contribution in [0.5, 0.6) is 0 Å². The number of nitrogens with zero attached hydrogens (tertiary/aromatic N) is 3. The van der Waals surface area contributed by atoms with Gasteiger partial charge in [-0.1, -0.05) is 0 Å². The molecule has 0 aromatic carbocycles. The number of rotatable bonds is 4. The number of carbonyl (C=O) groups excluding carboxylic acids is 1. The number of ether oxygens (including phenoxy) is 1. The maximum absolute atomic E-state index is 11.0.